The van der Waals surface area contributed by atoms with E-state index in [1.165, 1.54) is 44.2 Å². The maximum atomic E-state index is 14.9. The number of hydrogen-bond acceptors (Lipinski definition) is 5. The minimum atomic E-state index is -0.691. The van der Waals surface area contributed by atoms with Gasteiger partial charge in [0.05, 0.1) is 5.92 Å². The Morgan fingerprint density at radius 1 is 1.00 bits per heavy atom. The van der Waals surface area contributed by atoms with E-state index in [0.717, 1.165) is 26.2 Å². The Balaban J connectivity index is 1.32. The van der Waals surface area contributed by atoms with Crippen molar-refractivity contribution in [1.29, 1.82) is 0 Å². The number of piperazine rings is 1. The molecule has 2 amide bonds. The zero-order chi connectivity index (χ0) is 22.7. The van der Waals surface area contributed by atoms with Crippen LogP contribution >= 0.6 is 0 Å². The van der Waals surface area contributed by atoms with Crippen LogP contribution in [0.2, 0.25) is 0 Å². The second-order valence-electron chi connectivity index (χ2n) is 9.44. The van der Waals surface area contributed by atoms with Crippen LogP contribution in [-0.2, 0) is 9.59 Å². The van der Waals surface area contributed by atoms with Gasteiger partial charge in [-0.2, -0.15) is 0 Å². The van der Waals surface area contributed by atoms with E-state index in [1.54, 1.807) is 4.90 Å². The van der Waals surface area contributed by atoms with Crippen LogP contribution in [-0.4, -0.2) is 74.0 Å². The summed E-state index contributed by atoms with van der Waals surface area (Å²) in [6.45, 7) is 4.67. The highest BCUT2D eigenvalue weighted by Crippen LogP contribution is 2.32. The van der Waals surface area contributed by atoms with E-state index in [9.17, 15) is 18.4 Å². The van der Waals surface area contributed by atoms with Gasteiger partial charge in [-0.25, -0.2) is 8.78 Å². The topological polar surface area (TPSA) is 55.9 Å². The number of imide groups is 1. The number of hydrogen-bond donors (Lipinski definition) is 1. The molecule has 1 aromatic carbocycles. The number of anilines is 1. The standard InChI is InChI=1S/C24H34F2N4O2/c1-28(18-5-3-2-4-6-18)9-10-29-11-13-30(14-12-29)23-20(25)15-17(16-21(23)26)19-7-8-22(31)27-24(19)32/h15-16,18-19H,2-14H2,1H3,(H,27,31,32). The van der Waals surface area contributed by atoms with Gasteiger partial charge in [0.2, 0.25) is 11.8 Å². The Bertz CT molecular complexity index is 812. The van der Waals surface area contributed by atoms with Crippen molar-refractivity contribution in [1.82, 2.24) is 15.1 Å². The predicted octanol–water partition coefficient (Wildman–Crippen LogP) is 2.87. The summed E-state index contributed by atoms with van der Waals surface area (Å²) in [6.07, 6.45) is 7.04. The maximum absolute atomic E-state index is 14.9. The van der Waals surface area contributed by atoms with E-state index in [0.29, 0.717) is 19.1 Å². The molecule has 2 aliphatic heterocycles. The molecule has 1 aromatic rings. The van der Waals surface area contributed by atoms with Crippen LogP contribution in [0.1, 0.15) is 56.4 Å². The third kappa shape index (κ3) is 5.29. The van der Waals surface area contributed by atoms with E-state index in [4.69, 9.17) is 0 Å². The lowest BCUT2D eigenvalue weighted by Crippen LogP contribution is -2.49. The average molecular weight is 449 g/mol. The van der Waals surface area contributed by atoms with Crippen molar-refractivity contribution < 1.29 is 18.4 Å². The molecule has 0 radical (unpaired) electrons. The first-order valence-electron chi connectivity index (χ1n) is 11.9. The fourth-order valence-electron chi connectivity index (χ4n) is 5.30. The molecule has 0 aromatic heterocycles. The molecule has 1 aliphatic carbocycles. The minimum absolute atomic E-state index is 0.0139. The second-order valence-corrected chi connectivity index (χ2v) is 9.44. The number of carbonyl (C=O) groups is 2. The number of piperidine rings is 1. The first-order valence-corrected chi connectivity index (χ1v) is 11.9. The van der Waals surface area contributed by atoms with Crippen LogP contribution in [0.3, 0.4) is 0 Å². The van der Waals surface area contributed by atoms with Gasteiger partial charge in [-0.15, -0.1) is 0 Å². The van der Waals surface area contributed by atoms with E-state index in [-0.39, 0.29) is 30.0 Å². The number of benzene rings is 1. The van der Waals surface area contributed by atoms with Gasteiger partial charge in [0, 0.05) is 51.7 Å². The normalized spacial score (nSPS) is 23.6. The van der Waals surface area contributed by atoms with Crippen molar-refractivity contribution in [2.45, 2.75) is 56.9 Å². The van der Waals surface area contributed by atoms with Gasteiger partial charge in [-0.05, 0) is 44.0 Å². The molecule has 2 saturated heterocycles. The molecule has 1 saturated carbocycles. The zero-order valence-electron chi connectivity index (χ0n) is 18.9. The Morgan fingerprint density at radius 3 is 2.28 bits per heavy atom. The van der Waals surface area contributed by atoms with Crippen LogP contribution in [0, 0.1) is 11.6 Å². The van der Waals surface area contributed by atoms with Crippen molar-refractivity contribution in [2.75, 3.05) is 51.2 Å². The highest BCUT2D eigenvalue weighted by atomic mass is 19.1. The van der Waals surface area contributed by atoms with Crippen molar-refractivity contribution in [3.8, 4) is 0 Å². The Morgan fingerprint density at radius 2 is 1.66 bits per heavy atom. The molecule has 1 N–H and O–H groups in total. The molecule has 3 fully saturated rings. The number of likely N-dealkylation sites (N-methyl/N-ethyl adjacent to an activating group) is 1. The van der Waals surface area contributed by atoms with Crippen LogP contribution in [0.25, 0.3) is 0 Å². The van der Waals surface area contributed by atoms with Crippen LogP contribution < -0.4 is 10.2 Å². The van der Waals surface area contributed by atoms with E-state index in [1.807, 2.05) is 0 Å². The number of nitrogens with one attached hydrogen (secondary N) is 1. The van der Waals surface area contributed by atoms with Gasteiger partial charge in [0.1, 0.15) is 17.3 Å². The lowest BCUT2D eigenvalue weighted by molar-refractivity contribution is -0.134. The third-order valence-corrected chi connectivity index (χ3v) is 7.34. The summed E-state index contributed by atoms with van der Waals surface area (Å²) in [5, 5.41) is 2.25. The number of nitrogens with zero attached hydrogens (tertiary/aromatic N) is 3. The number of halogens is 2. The maximum Gasteiger partial charge on any atom is 0.234 e. The SMILES string of the molecule is CN(CCN1CCN(c2c(F)cc(C3CCC(=O)NC3=O)cc2F)CC1)C1CCCCC1. The molecular formula is C24H34F2N4O2. The largest absolute Gasteiger partial charge is 0.364 e. The van der Waals surface area contributed by atoms with Crippen molar-refractivity contribution in [3.05, 3.63) is 29.3 Å². The molecule has 0 bridgehead atoms. The van der Waals surface area contributed by atoms with Crippen molar-refractivity contribution >= 4 is 17.5 Å². The highest BCUT2D eigenvalue weighted by molar-refractivity contribution is 6.00. The molecule has 1 atom stereocenters. The monoisotopic (exact) mass is 448 g/mol. The molecule has 0 spiro atoms. The predicted molar refractivity (Wildman–Crippen MR) is 120 cm³/mol. The smallest absolute Gasteiger partial charge is 0.234 e. The van der Waals surface area contributed by atoms with Gasteiger partial charge in [0.15, 0.2) is 0 Å². The summed E-state index contributed by atoms with van der Waals surface area (Å²) in [5.74, 6) is -2.81. The summed E-state index contributed by atoms with van der Waals surface area (Å²) in [7, 11) is 2.21. The summed E-state index contributed by atoms with van der Waals surface area (Å²) >= 11 is 0. The Labute approximate surface area is 188 Å². The average Bonchev–Trinajstić information content (AvgIpc) is 2.78. The third-order valence-electron chi connectivity index (χ3n) is 7.34. The highest BCUT2D eigenvalue weighted by Gasteiger charge is 2.31. The van der Waals surface area contributed by atoms with E-state index in [2.05, 4.69) is 22.2 Å². The summed E-state index contributed by atoms with van der Waals surface area (Å²) in [5.41, 5.74) is 0.276. The summed E-state index contributed by atoms with van der Waals surface area (Å²) < 4.78 is 29.8. The van der Waals surface area contributed by atoms with Crippen LogP contribution in [0.5, 0.6) is 0 Å². The molecule has 2 heterocycles. The lowest BCUT2D eigenvalue weighted by Gasteiger charge is -2.38. The molecule has 8 heteroatoms. The van der Waals surface area contributed by atoms with Crippen molar-refractivity contribution in [3.63, 3.8) is 0 Å². The van der Waals surface area contributed by atoms with Gasteiger partial charge in [0.25, 0.3) is 0 Å². The van der Waals surface area contributed by atoms with Crippen LogP contribution in [0.15, 0.2) is 12.1 Å². The molecule has 1 unspecified atom stereocenters. The van der Waals surface area contributed by atoms with Gasteiger partial charge >= 0.3 is 0 Å². The van der Waals surface area contributed by atoms with E-state index < -0.39 is 23.5 Å². The summed E-state index contributed by atoms with van der Waals surface area (Å²) in [6, 6.07) is 3.20. The summed E-state index contributed by atoms with van der Waals surface area (Å²) in [4.78, 5) is 30.0. The van der Waals surface area contributed by atoms with Crippen LogP contribution in [0.4, 0.5) is 14.5 Å². The Kier molecular flexibility index (Phi) is 7.40. The molecule has 176 valence electrons. The fraction of sp³-hybridized carbons (Fsp3) is 0.667. The number of rotatable bonds is 6. The van der Waals surface area contributed by atoms with Gasteiger partial charge < -0.3 is 9.80 Å². The van der Waals surface area contributed by atoms with E-state index >= 15 is 0 Å². The molecule has 3 aliphatic rings. The minimum Gasteiger partial charge on any atom is -0.364 e. The molecule has 6 nitrogen and oxygen atoms in total. The van der Waals surface area contributed by atoms with Gasteiger partial charge in [-0.3, -0.25) is 19.8 Å². The Hall–Kier alpha value is -2.06. The quantitative estimate of drug-likeness (QED) is 0.679. The first-order chi connectivity index (χ1) is 15.4. The molecule has 4 rings (SSSR count). The van der Waals surface area contributed by atoms with Gasteiger partial charge in [-0.1, -0.05) is 19.3 Å². The molecule has 32 heavy (non-hydrogen) atoms. The van der Waals surface area contributed by atoms with Crippen molar-refractivity contribution in [2.24, 2.45) is 0 Å². The second kappa shape index (κ2) is 10.3. The number of carbonyl (C=O) groups excluding carboxylic acids is 2. The zero-order valence-corrected chi connectivity index (χ0v) is 18.9. The lowest BCUT2D eigenvalue weighted by atomic mass is 9.90. The first kappa shape index (κ1) is 23.1. The fourth-order valence-corrected chi connectivity index (χ4v) is 5.30. The molecular weight excluding hydrogens is 414 g/mol. The number of amides is 2.